The van der Waals surface area contributed by atoms with E-state index in [0.717, 1.165) is 19.4 Å². The molecule has 0 spiro atoms. The van der Waals surface area contributed by atoms with Crippen LogP contribution in [-0.4, -0.2) is 36.1 Å². The number of nitrogens with one attached hydrogen (secondary N) is 2. The van der Waals surface area contributed by atoms with Gasteiger partial charge in [-0.3, -0.25) is 4.79 Å². The van der Waals surface area contributed by atoms with E-state index in [1.54, 1.807) is 6.92 Å². The monoisotopic (exact) mass is 228 g/mol. The average molecular weight is 228 g/mol. The van der Waals surface area contributed by atoms with Crippen molar-refractivity contribution in [3.05, 3.63) is 0 Å². The zero-order valence-corrected chi connectivity index (χ0v) is 9.88. The molecule has 0 aromatic carbocycles. The van der Waals surface area contributed by atoms with Gasteiger partial charge in [0.1, 0.15) is 6.04 Å². The molecule has 5 nitrogen and oxygen atoms in total. The molecular formula is C11H20N2O3. The van der Waals surface area contributed by atoms with Gasteiger partial charge in [0.2, 0.25) is 5.91 Å². The van der Waals surface area contributed by atoms with Gasteiger partial charge in [0.25, 0.3) is 0 Å². The summed E-state index contributed by atoms with van der Waals surface area (Å²) >= 11 is 0. The molecule has 1 aliphatic rings. The van der Waals surface area contributed by atoms with E-state index in [-0.39, 0.29) is 5.91 Å². The van der Waals surface area contributed by atoms with Crippen LogP contribution in [-0.2, 0) is 9.59 Å². The van der Waals surface area contributed by atoms with Crippen molar-refractivity contribution in [1.82, 2.24) is 10.6 Å². The van der Waals surface area contributed by atoms with E-state index in [9.17, 15) is 9.59 Å². The van der Waals surface area contributed by atoms with Gasteiger partial charge in [0, 0.05) is 6.54 Å². The Hall–Kier alpha value is -1.10. The van der Waals surface area contributed by atoms with E-state index in [4.69, 9.17) is 5.11 Å². The third kappa shape index (κ3) is 2.95. The van der Waals surface area contributed by atoms with Crippen LogP contribution in [0.5, 0.6) is 0 Å². The Morgan fingerprint density at radius 2 is 2.25 bits per heavy atom. The van der Waals surface area contributed by atoms with Crippen LogP contribution in [0.3, 0.4) is 0 Å². The summed E-state index contributed by atoms with van der Waals surface area (Å²) in [6.07, 6.45) is 2.17. The lowest BCUT2D eigenvalue weighted by Crippen LogP contribution is -2.52. The molecule has 1 fully saturated rings. The van der Waals surface area contributed by atoms with Crippen molar-refractivity contribution in [1.29, 1.82) is 0 Å². The van der Waals surface area contributed by atoms with Crippen molar-refractivity contribution >= 4 is 11.9 Å². The Labute approximate surface area is 95.6 Å². The number of piperidine rings is 1. The largest absolute Gasteiger partial charge is 0.480 e. The first-order valence-electron chi connectivity index (χ1n) is 5.74. The number of carbonyl (C=O) groups excluding carboxylic acids is 1. The standard InChI is InChI=1S/C11H20N2O3/c1-3-8(9(14)15)13-10(16)11(2)5-4-6-12-7-11/h8,12H,3-7H2,1-2H3,(H,13,16)(H,14,15)/t8-,11?/m1/s1. The molecule has 0 aliphatic carbocycles. The van der Waals surface area contributed by atoms with E-state index >= 15 is 0 Å². The van der Waals surface area contributed by atoms with Crippen molar-refractivity contribution in [2.45, 2.75) is 39.2 Å². The average Bonchev–Trinajstić information content (AvgIpc) is 2.26. The summed E-state index contributed by atoms with van der Waals surface area (Å²) in [6.45, 7) is 5.18. The number of carboxylic acid groups (broad SMARTS) is 1. The molecule has 1 amide bonds. The number of hydrogen-bond donors (Lipinski definition) is 3. The summed E-state index contributed by atoms with van der Waals surface area (Å²) in [5, 5.41) is 14.6. The summed E-state index contributed by atoms with van der Waals surface area (Å²) in [6, 6.07) is -0.772. The third-order valence-corrected chi connectivity index (χ3v) is 3.16. The maximum absolute atomic E-state index is 12.0. The lowest BCUT2D eigenvalue weighted by atomic mass is 9.81. The second kappa shape index (κ2) is 5.30. The van der Waals surface area contributed by atoms with Gasteiger partial charge in [0.15, 0.2) is 0 Å². The van der Waals surface area contributed by atoms with E-state index in [1.165, 1.54) is 0 Å². The molecule has 1 rings (SSSR count). The van der Waals surface area contributed by atoms with Crippen LogP contribution in [0.2, 0.25) is 0 Å². The molecule has 1 unspecified atom stereocenters. The van der Waals surface area contributed by atoms with Gasteiger partial charge in [0.05, 0.1) is 5.41 Å². The van der Waals surface area contributed by atoms with E-state index in [1.807, 2.05) is 6.92 Å². The minimum atomic E-state index is -0.969. The first kappa shape index (κ1) is 13.0. The summed E-state index contributed by atoms with van der Waals surface area (Å²) < 4.78 is 0. The lowest BCUT2D eigenvalue weighted by molar-refractivity contribution is -0.144. The van der Waals surface area contributed by atoms with Crippen LogP contribution >= 0.6 is 0 Å². The summed E-state index contributed by atoms with van der Waals surface area (Å²) in [4.78, 5) is 22.8. The van der Waals surface area contributed by atoms with Crippen LogP contribution in [0.15, 0.2) is 0 Å². The fourth-order valence-electron chi connectivity index (χ4n) is 1.92. The van der Waals surface area contributed by atoms with Gasteiger partial charge in [-0.15, -0.1) is 0 Å². The molecule has 1 saturated heterocycles. The number of carboxylic acids is 1. The highest BCUT2D eigenvalue weighted by Gasteiger charge is 2.36. The summed E-state index contributed by atoms with van der Waals surface area (Å²) in [7, 11) is 0. The highest BCUT2D eigenvalue weighted by atomic mass is 16.4. The Bertz CT molecular complexity index is 272. The SMILES string of the molecule is CC[C@@H](NC(=O)C1(C)CCCNC1)C(=O)O. The van der Waals surface area contributed by atoms with Crippen LogP contribution < -0.4 is 10.6 Å². The zero-order valence-electron chi connectivity index (χ0n) is 9.88. The van der Waals surface area contributed by atoms with Crippen LogP contribution in [0.25, 0.3) is 0 Å². The van der Waals surface area contributed by atoms with E-state index in [0.29, 0.717) is 13.0 Å². The Kier molecular flexibility index (Phi) is 4.29. The minimum Gasteiger partial charge on any atom is -0.480 e. The second-order valence-corrected chi connectivity index (χ2v) is 4.61. The maximum atomic E-state index is 12.0. The van der Waals surface area contributed by atoms with Gasteiger partial charge < -0.3 is 15.7 Å². The zero-order chi connectivity index (χ0) is 12.2. The topological polar surface area (TPSA) is 78.4 Å². The molecule has 3 N–H and O–H groups in total. The molecule has 5 heteroatoms. The van der Waals surface area contributed by atoms with Crippen LogP contribution in [0.1, 0.15) is 33.1 Å². The molecule has 0 radical (unpaired) electrons. The first-order valence-corrected chi connectivity index (χ1v) is 5.74. The Morgan fingerprint density at radius 1 is 1.56 bits per heavy atom. The molecular weight excluding hydrogens is 208 g/mol. The quantitative estimate of drug-likeness (QED) is 0.649. The lowest BCUT2D eigenvalue weighted by Gasteiger charge is -2.33. The van der Waals surface area contributed by atoms with E-state index < -0.39 is 17.4 Å². The smallest absolute Gasteiger partial charge is 0.326 e. The highest BCUT2D eigenvalue weighted by molar-refractivity contribution is 5.87. The maximum Gasteiger partial charge on any atom is 0.326 e. The molecule has 0 aromatic heterocycles. The number of aliphatic carboxylic acids is 1. The van der Waals surface area contributed by atoms with Gasteiger partial charge in [-0.05, 0) is 32.7 Å². The van der Waals surface area contributed by atoms with Crippen LogP contribution in [0, 0.1) is 5.41 Å². The fourth-order valence-corrected chi connectivity index (χ4v) is 1.92. The van der Waals surface area contributed by atoms with Gasteiger partial charge in [-0.2, -0.15) is 0 Å². The Balaban J connectivity index is 2.59. The molecule has 2 atom stereocenters. The predicted molar refractivity (Wildman–Crippen MR) is 60.1 cm³/mol. The number of amides is 1. The minimum absolute atomic E-state index is 0.158. The molecule has 0 saturated carbocycles. The van der Waals surface area contributed by atoms with Gasteiger partial charge >= 0.3 is 5.97 Å². The molecule has 1 heterocycles. The van der Waals surface area contributed by atoms with Crippen LogP contribution in [0.4, 0.5) is 0 Å². The van der Waals surface area contributed by atoms with Crippen molar-refractivity contribution < 1.29 is 14.7 Å². The number of hydrogen-bond acceptors (Lipinski definition) is 3. The van der Waals surface area contributed by atoms with Crippen molar-refractivity contribution in [2.75, 3.05) is 13.1 Å². The normalized spacial score (nSPS) is 27.1. The van der Waals surface area contributed by atoms with Crippen molar-refractivity contribution in [3.8, 4) is 0 Å². The number of rotatable bonds is 4. The molecule has 1 aliphatic heterocycles. The second-order valence-electron chi connectivity index (χ2n) is 4.61. The van der Waals surface area contributed by atoms with E-state index in [2.05, 4.69) is 10.6 Å². The molecule has 16 heavy (non-hydrogen) atoms. The number of carbonyl (C=O) groups is 2. The molecule has 92 valence electrons. The molecule has 0 aromatic rings. The predicted octanol–water partition coefficient (Wildman–Crippen LogP) is 0.355. The van der Waals surface area contributed by atoms with Gasteiger partial charge in [-0.1, -0.05) is 6.92 Å². The third-order valence-electron chi connectivity index (χ3n) is 3.16. The fraction of sp³-hybridized carbons (Fsp3) is 0.818. The summed E-state index contributed by atoms with van der Waals surface area (Å²) in [5.74, 6) is -1.13. The van der Waals surface area contributed by atoms with Crippen molar-refractivity contribution in [3.63, 3.8) is 0 Å². The first-order chi connectivity index (χ1) is 7.49. The van der Waals surface area contributed by atoms with Gasteiger partial charge in [-0.25, -0.2) is 4.79 Å². The van der Waals surface area contributed by atoms with Crippen molar-refractivity contribution in [2.24, 2.45) is 5.41 Å². The summed E-state index contributed by atoms with van der Waals surface area (Å²) in [5.41, 5.74) is -0.471. The Morgan fingerprint density at radius 3 is 2.69 bits per heavy atom. The highest BCUT2D eigenvalue weighted by Crippen LogP contribution is 2.25. The molecule has 0 bridgehead atoms.